The first-order valence-corrected chi connectivity index (χ1v) is 9.07. The van der Waals surface area contributed by atoms with E-state index in [0.29, 0.717) is 24.2 Å². The van der Waals surface area contributed by atoms with E-state index in [0.717, 1.165) is 31.3 Å². The molecule has 0 amide bonds. The minimum Gasteiger partial charge on any atom is -0.493 e. The Morgan fingerprint density at radius 1 is 1.41 bits per heavy atom. The molecule has 0 bridgehead atoms. The van der Waals surface area contributed by atoms with Gasteiger partial charge < -0.3 is 10.1 Å². The van der Waals surface area contributed by atoms with Crippen LogP contribution in [0.25, 0.3) is 5.70 Å². The molecule has 2 aliphatic rings. The van der Waals surface area contributed by atoms with Gasteiger partial charge in [-0.1, -0.05) is 6.08 Å². The van der Waals surface area contributed by atoms with Crippen molar-refractivity contribution in [2.24, 2.45) is 4.99 Å². The molecule has 0 radical (unpaired) electrons. The van der Waals surface area contributed by atoms with E-state index in [-0.39, 0.29) is 18.4 Å². The van der Waals surface area contributed by atoms with Crippen LogP contribution in [0, 0.1) is 0 Å². The Labute approximate surface area is 157 Å². The molecule has 1 aromatic carbocycles. The molecule has 1 atom stereocenters. The van der Waals surface area contributed by atoms with Crippen LogP contribution in [0.2, 0.25) is 0 Å². The Hall–Kier alpha value is -2.28. The molecule has 1 fully saturated rings. The van der Waals surface area contributed by atoms with Gasteiger partial charge in [0.1, 0.15) is 11.6 Å². The Balaban J connectivity index is 1.82. The Morgan fingerprint density at radius 2 is 2.22 bits per heavy atom. The van der Waals surface area contributed by atoms with Gasteiger partial charge in [-0.25, -0.2) is 0 Å². The van der Waals surface area contributed by atoms with Crippen LogP contribution in [0.4, 0.5) is 13.2 Å². The lowest BCUT2D eigenvalue weighted by Crippen LogP contribution is -2.42. The van der Waals surface area contributed by atoms with Crippen LogP contribution in [0.1, 0.15) is 30.4 Å². The summed E-state index contributed by atoms with van der Waals surface area (Å²) >= 11 is 0. The third-order valence-electron chi connectivity index (χ3n) is 4.83. The standard InChI is InChI=1S/C20H24F3N3O/c1-3-4-12-27-18-8-7-14(13-15(18)20(21,22)23)16-9-10-24-19(25-16)17-6-5-11-26(17)2/h3,7-9,13,17H,1,4-6,10-12H2,2H3,(H,24,25). The van der Waals surface area contributed by atoms with Gasteiger partial charge in [0.25, 0.3) is 0 Å². The number of likely N-dealkylation sites (N-methyl/N-ethyl adjacent to an activating group) is 1. The van der Waals surface area contributed by atoms with Crippen molar-refractivity contribution in [3.8, 4) is 5.75 Å². The van der Waals surface area contributed by atoms with Gasteiger partial charge in [-0.05, 0) is 62.7 Å². The maximum Gasteiger partial charge on any atom is 0.419 e. The summed E-state index contributed by atoms with van der Waals surface area (Å²) in [7, 11) is 2.04. The predicted octanol–water partition coefficient (Wildman–Crippen LogP) is 4.10. The van der Waals surface area contributed by atoms with E-state index >= 15 is 0 Å². The summed E-state index contributed by atoms with van der Waals surface area (Å²) in [6, 6.07) is 4.37. The Morgan fingerprint density at radius 3 is 2.89 bits per heavy atom. The molecule has 1 unspecified atom stereocenters. The summed E-state index contributed by atoms with van der Waals surface area (Å²) < 4.78 is 45.8. The van der Waals surface area contributed by atoms with Crippen molar-refractivity contribution in [3.05, 3.63) is 48.1 Å². The number of hydrogen-bond acceptors (Lipinski definition) is 4. The summed E-state index contributed by atoms with van der Waals surface area (Å²) in [5, 5.41) is 3.24. The Bertz CT molecular complexity index is 755. The number of amidine groups is 1. The second kappa shape index (κ2) is 8.17. The molecule has 7 heteroatoms. The highest BCUT2D eigenvalue weighted by molar-refractivity contribution is 5.96. The number of likely N-dealkylation sites (tertiary alicyclic amines) is 1. The summed E-state index contributed by atoms with van der Waals surface area (Å²) in [6.45, 7) is 5.17. The molecule has 1 N–H and O–H groups in total. The maximum absolute atomic E-state index is 13.5. The highest BCUT2D eigenvalue weighted by Crippen LogP contribution is 2.38. The van der Waals surface area contributed by atoms with Crippen LogP contribution in [0.5, 0.6) is 5.75 Å². The van der Waals surface area contributed by atoms with Gasteiger partial charge >= 0.3 is 6.18 Å². The zero-order valence-electron chi connectivity index (χ0n) is 15.4. The number of benzene rings is 1. The van der Waals surface area contributed by atoms with Crippen molar-refractivity contribution in [2.75, 3.05) is 26.7 Å². The SMILES string of the molecule is C=CCCOc1ccc(C2=CCN=C(C3CCCN3C)N2)cc1C(F)(F)F. The second-order valence-corrected chi connectivity index (χ2v) is 6.74. The highest BCUT2D eigenvalue weighted by Gasteiger charge is 2.35. The normalized spacial score (nSPS) is 20.7. The van der Waals surface area contributed by atoms with Crippen LogP contribution < -0.4 is 10.1 Å². The van der Waals surface area contributed by atoms with Gasteiger partial charge in [0.15, 0.2) is 0 Å². The number of halogens is 3. The van der Waals surface area contributed by atoms with Crippen LogP contribution in [-0.2, 0) is 6.18 Å². The smallest absolute Gasteiger partial charge is 0.419 e. The van der Waals surface area contributed by atoms with Gasteiger partial charge in [-0.2, -0.15) is 13.2 Å². The fourth-order valence-corrected chi connectivity index (χ4v) is 3.40. The molecule has 1 aromatic rings. The fourth-order valence-electron chi connectivity index (χ4n) is 3.40. The van der Waals surface area contributed by atoms with Gasteiger partial charge in [0, 0.05) is 5.70 Å². The fraction of sp³-hybridized carbons (Fsp3) is 0.450. The quantitative estimate of drug-likeness (QED) is 0.597. The molecule has 2 heterocycles. The number of nitrogens with zero attached hydrogens (tertiary/aromatic N) is 2. The van der Waals surface area contributed by atoms with E-state index in [1.807, 2.05) is 13.1 Å². The van der Waals surface area contributed by atoms with Crippen molar-refractivity contribution in [1.82, 2.24) is 10.2 Å². The van der Waals surface area contributed by atoms with Crippen molar-refractivity contribution in [3.63, 3.8) is 0 Å². The highest BCUT2D eigenvalue weighted by atomic mass is 19.4. The lowest BCUT2D eigenvalue weighted by molar-refractivity contribution is -0.138. The first-order valence-electron chi connectivity index (χ1n) is 9.07. The molecule has 146 valence electrons. The average Bonchev–Trinajstić information content (AvgIpc) is 3.07. The molecule has 0 aromatic heterocycles. The minimum atomic E-state index is -4.49. The predicted molar refractivity (Wildman–Crippen MR) is 101 cm³/mol. The van der Waals surface area contributed by atoms with Gasteiger partial charge in [-0.3, -0.25) is 9.89 Å². The minimum absolute atomic E-state index is 0.158. The van der Waals surface area contributed by atoms with E-state index in [1.165, 1.54) is 6.07 Å². The van der Waals surface area contributed by atoms with Gasteiger partial charge in [0.05, 0.1) is 24.8 Å². The zero-order chi connectivity index (χ0) is 19.4. The van der Waals surface area contributed by atoms with Crippen LogP contribution in [-0.4, -0.2) is 43.5 Å². The molecule has 0 spiro atoms. The maximum atomic E-state index is 13.5. The summed E-state index contributed by atoms with van der Waals surface area (Å²) in [4.78, 5) is 6.72. The lowest BCUT2D eigenvalue weighted by atomic mass is 10.0. The largest absolute Gasteiger partial charge is 0.493 e. The molecule has 27 heavy (non-hydrogen) atoms. The van der Waals surface area contributed by atoms with Crippen LogP contribution >= 0.6 is 0 Å². The summed E-state index contributed by atoms with van der Waals surface area (Å²) in [6.07, 6.45) is 1.51. The zero-order valence-corrected chi connectivity index (χ0v) is 15.4. The third kappa shape index (κ3) is 4.53. The van der Waals surface area contributed by atoms with Crippen molar-refractivity contribution in [1.29, 1.82) is 0 Å². The van der Waals surface area contributed by atoms with Crippen LogP contribution in [0.3, 0.4) is 0 Å². The van der Waals surface area contributed by atoms with E-state index in [2.05, 4.69) is 21.8 Å². The molecule has 2 aliphatic heterocycles. The number of aliphatic imine (C=N–C) groups is 1. The number of alkyl halides is 3. The second-order valence-electron chi connectivity index (χ2n) is 6.74. The molecular weight excluding hydrogens is 355 g/mol. The number of hydrogen-bond donors (Lipinski definition) is 1. The number of nitrogens with one attached hydrogen (secondary N) is 1. The summed E-state index contributed by atoms with van der Waals surface area (Å²) in [5.74, 6) is 0.668. The number of rotatable bonds is 6. The topological polar surface area (TPSA) is 36.9 Å². The third-order valence-corrected chi connectivity index (χ3v) is 4.83. The number of ether oxygens (including phenoxy) is 1. The van der Waals surface area contributed by atoms with Crippen LogP contribution in [0.15, 0.2) is 41.9 Å². The lowest BCUT2D eigenvalue weighted by Gasteiger charge is -2.26. The molecular formula is C20H24F3N3O. The van der Waals surface area contributed by atoms with Gasteiger partial charge in [0.2, 0.25) is 0 Å². The van der Waals surface area contributed by atoms with E-state index in [4.69, 9.17) is 4.74 Å². The summed E-state index contributed by atoms with van der Waals surface area (Å²) in [5.41, 5.74) is 0.365. The molecule has 1 saturated heterocycles. The monoisotopic (exact) mass is 379 g/mol. The van der Waals surface area contributed by atoms with Crippen molar-refractivity contribution in [2.45, 2.75) is 31.5 Å². The van der Waals surface area contributed by atoms with Crippen molar-refractivity contribution >= 4 is 11.5 Å². The average molecular weight is 379 g/mol. The van der Waals surface area contributed by atoms with E-state index in [1.54, 1.807) is 12.1 Å². The first-order chi connectivity index (χ1) is 12.9. The molecule has 4 nitrogen and oxygen atoms in total. The molecule has 3 rings (SSSR count). The van der Waals surface area contributed by atoms with E-state index < -0.39 is 11.7 Å². The van der Waals surface area contributed by atoms with Crippen molar-refractivity contribution < 1.29 is 17.9 Å². The van der Waals surface area contributed by atoms with Gasteiger partial charge in [-0.15, -0.1) is 6.58 Å². The first kappa shape index (κ1) is 19.5. The molecule has 0 saturated carbocycles. The van der Waals surface area contributed by atoms with E-state index in [9.17, 15) is 13.2 Å². The Kier molecular flexibility index (Phi) is 5.89. The molecule has 0 aliphatic carbocycles.